The molecule has 1 fully saturated rings. The van der Waals surface area contributed by atoms with E-state index in [9.17, 15) is 14.7 Å². The lowest BCUT2D eigenvalue weighted by atomic mass is 9.82. The van der Waals surface area contributed by atoms with E-state index < -0.39 is 11.8 Å². The highest BCUT2D eigenvalue weighted by molar-refractivity contribution is 6.47. The molecule has 40 heavy (non-hydrogen) atoms. The average molecular weight is 566 g/mol. The van der Waals surface area contributed by atoms with E-state index in [0.717, 1.165) is 17.5 Å². The Balaban J connectivity index is 1.75. The van der Waals surface area contributed by atoms with E-state index in [1.807, 2.05) is 36.1 Å². The molecule has 5 N–H and O–H groups in total. The molecular formula is C31H40ClN5O3. The predicted molar refractivity (Wildman–Crippen MR) is 159 cm³/mol. The van der Waals surface area contributed by atoms with Crippen molar-refractivity contribution in [2.75, 3.05) is 6.54 Å². The fourth-order valence-electron chi connectivity index (χ4n) is 5.67. The van der Waals surface area contributed by atoms with Crippen LogP contribution < -0.4 is 11.1 Å². The van der Waals surface area contributed by atoms with Gasteiger partial charge in [-0.2, -0.15) is 0 Å². The Morgan fingerprint density at radius 2 is 1.88 bits per heavy atom. The lowest BCUT2D eigenvalue weighted by Crippen LogP contribution is -2.51. The molecule has 2 aliphatic rings. The summed E-state index contributed by atoms with van der Waals surface area (Å²) in [5.41, 5.74) is 8.09. The smallest absolute Gasteiger partial charge is 0.275 e. The quantitative estimate of drug-likeness (QED) is 0.260. The van der Waals surface area contributed by atoms with E-state index in [-0.39, 0.29) is 35.7 Å². The largest absolute Gasteiger partial charge is 0.393 e. The number of amides is 2. The molecule has 9 heteroatoms. The molecule has 1 saturated carbocycles. The van der Waals surface area contributed by atoms with Crippen molar-refractivity contribution in [2.24, 2.45) is 16.1 Å². The van der Waals surface area contributed by atoms with Gasteiger partial charge in [-0.25, -0.2) is 0 Å². The highest BCUT2D eigenvalue weighted by Gasteiger charge is 2.51. The van der Waals surface area contributed by atoms with Gasteiger partial charge >= 0.3 is 0 Å². The second-order valence-corrected chi connectivity index (χ2v) is 12.7. The van der Waals surface area contributed by atoms with Crippen molar-refractivity contribution in [3.63, 3.8) is 0 Å². The summed E-state index contributed by atoms with van der Waals surface area (Å²) in [6.45, 7) is 8.47. The average Bonchev–Trinajstić information content (AvgIpc) is 3.15. The molecule has 1 aliphatic carbocycles. The lowest BCUT2D eigenvalue weighted by molar-refractivity contribution is -0.134. The standard InChI is InChI=1S/C31H40ClN5O3/c1-19-15-22(17-23(32)16-19)27-29(40)37(31(36-27)13-9-24(38)10-14-31)25(11-12-30(2,3)4)20-5-7-21(8-6-20)28(39)35-18-26(33)34/h5-8,15-17,24-25,38H,9-14,18H2,1-4H3,(H3,33,34)(H,35,39). The maximum absolute atomic E-state index is 14.3. The van der Waals surface area contributed by atoms with Gasteiger partial charge in [0.25, 0.3) is 11.8 Å². The fraction of sp³-hybridized carbons (Fsp3) is 0.484. The highest BCUT2D eigenvalue weighted by atomic mass is 35.5. The van der Waals surface area contributed by atoms with Crippen molar-refractivity contribution in [1.29, 1.82) is 5.41 Å². The first kappa shape index (κ1) is 29.7. The molecule has 1 atom stereocenters. The van der Waals surface area contributed by atoms with Crippen LogP contribution in [0.15, 0.2) is 47.5 Å². The van der Waals surface area contributed by atoms with Crippen LogP contribution in [0.3, 0.4) is 0 Å². The monoisotopic (exact) mass is 565 g/mol. The fourth-order valence-corrected chi connectivity index (χ4v) is 5.96. The first-order valence-corrected chi connectivity index (χ1v) is 14.3. The molecule has 1 spiro atoms. The molecule has 0 bridgehead atoms. The summed E-state index contributed by atoms with van der Waals surface area (Å²) in [5.74, 6) is -0.571. The minimum atomic E-state index is -0.762. The normalized spacial score (nSPS) is 21.9. The Labute approximate surface area is 241 Å². The number of aliphatic hydroxyl groups is 1. The van der Waals surface area contributed by atoms with Gasteiger partial charge in [0.15, 0.2) is 0 Å². The highest BCUT2D eigenvalue weighted by Crippen LogP contribution is 2.46. The molecule has 1 aliphatic heterocycles. The van der Waals surface area contributed by atoms with Crippen molar-refractivity contribution in [3.05, 3.63) is 69.7 Å². The minimum absolute atomic E-state index is 0.0193. The van der Waals surface area contributed by atoms with Crippen LogP contribution in [0.5, 0.6) is 0 Å². The molecule has 4 rings (SSSR count). The number of aliphatic imine (C=N–C) groups is 1. The molecule has 214 valence electrons. The lowest BCUT2D eigenvalue weighted by Gasteiger charge is -2.45. The summed E-state index contributed by atoms with van der Waals surface area (Å²) < 4.78 is 0. The third-order valence-corrected chi connectivity index (χ3v) is 7.96. The minimum Gasteiger partial charge on any atom is -0.393 e. The predicted octanol–water partition coefficient (Wildman–Crippen LogP) is 5.14. The van der Waals surface area contributed by atoms with Gasteiger partial charge in [-0.15, -0.1) is 0 Å². The van der Waals surface area contributed by atoms with Crippen LogP contribution >= 0.6 is 11.6 Å². The molecule has 0 saturated heterocycles. The van der Waals surface area contributed by atoms with Crippen LogP contribution in [0.1, 0.15) is 92.4 Å². The number of rotatable bonds is 8. The summed E-state index contributed by atoms with van der Waals surface area (Å²) in [7, 11) is 0. The number of carbonyl (C=O) groups is 2. The summed E-state index contributed by atoms with van der Waals surface area (Å²) in [6, 6.07) is 12.6. The Morgan fingerprint density at radius 1 is 1.23 bits per heavy atom. The van der Waals surface area contributed by atoms with Crippen molar-refractivity contribution >= 4 is 35.0 Å². The van der Waals surface area contributed by atoms with E-state index in [4.69, 9.17) is 27.7 Å². The molecule has 0 radical (unpaired) electrons. The molecule has 2 amide bonds. The Morgan fingerprint density at radius 3 is 2.45 bits per heavy atom. The second kappa shape index (κ2) is 11.7. The van der Waals surface area contributed by atoms with Gasteiger partial charge in [0.1, 0.15) is 17.2 Å². The van der Waals surface area contributed by atoms with Gasteiger partial charge in [-0.1, -0.05) is 44.5 Å². The SMILES string of the molecule is Cc1cc(Cl)cc(C2=NC3(CCC(O)CC3)N(C(CCC(C)(C)C)c3ccc(C(=O)NCC(=N)N)cc3)C2=O)c1. The first-order valence-electron chi connectivity index (χ1n) is 13.9. The second-order valence-electron chi connectivity index (χ2n) is 12.3. The summed E-state index contributed by atoms with van der Waals surface area (Å²) >= 11 is 6.38. The number of aryl methyl sites for hydroxylation is 1. The maximum Gasteiger partial charge on any atom is 0.275 e. The van der Waals surface area contributed by atoms with Crippen LogP contribution in [-0.2, 0) is 4.79 Å². The molecule has 2 aromatic carbocycles. The topological polar surface area (TPSA) is 132 Å². The van der Waals surface area contributed by atoms with Gasteiger partial charge in [0.05, 0.1) is 18.7 Å². The number of halogens is 1. The number of nitrogens with two attached hydrogens (primary N) is 1. The third kappa shape index (κ3) is 6.73. The molecular weight excluding hydrogens is 526 g/mol. The number of nitrogens with zero attached hydrogens (tertiary/aromatic N) is 2. The van der Waals surface area contributed by atoms with Crippen LogP contribution in [0, 0.1) is 17.7 Å². The summed E-state index contributed by atoms with van der Waals surface area (Å²) in [5, 5.41) is 20.9. The summed E-state index contributed by atoms with van der Waals surface area (Å²) in [4.78, 5) is 34.0. The van der Waals surface area contributed by atoms with Crippen molar-refractivity contribution in [3.8, 4) is 0 Å². The first-order chi connectivity index (χ1) is 18.8. The Bertz CT molecular complexity index is 1290. The van der Waals surface area contributed by atoms with E-state index in [2.05, 4.69) is 26.1 Å². The zero-order valence-electron chi connectivity index (χ0n) is 23.8. The van der Waals surface area contributed by atoms with Crippen LogP contribution in [0.4, 0.5) is 0 Å². The molecule has 1 unspecified atom stereocenters. The zero-order chi connectivity index (χ0) is 29.2. The Hall–Kier alpha value is -3.23. The number of benzene rings is 2. The van der Waals surface area contributed by atoms with Gasteiger partial charge in [0.2, 0.25) is 0 Å². The number of hydrogen-bond acceptors (Lipinski definition) is 5. The van der Waals surface area contributed by atoms with E-state index in [1.165, 1.54) is 0 Å². The van der Waals surface area contributed by atoms with Crippen molar-refractivity contribution in [2.45, 2.75) is 84.0 Å². The number of nitrogens with one attached hydrogen (secondary N) is 2. The van der Waals surface area contributed by atoms with Crippen LogP contribution in [0.25, 0.3) is 0 Å². The molecule has 2 aromatic rings. The van der Waals surface area contributed by atoms with E-state index in [0.29, 0.717) is 54.0 Å². The van der Waals surface area contributed by atoms with Gasteiger partial charge in [-0.3, -0.25) is 20.0 Å². The number of amidine groups is 1. The third-order valence-electron chi connectivity index (χ3n) is 7.74. The Kier molecular flexibility index (Phi) is 8.71. The number of hydrogen-bond donors (Lipinski definition) is 4. The maximum atomic E-state index is 14.3. The number of aliphatic hydroxyl groups excluding tert-OH is 1. The van der Waals surface area contributed by atoms with Gasteiger partial charge in [0, 0.05) is 16.1 Å². The molecule has 1 heterocycles. The summed E-state index contributed by atoms with van der Waals surface area (Å²) in [6.07, 6.45) is 3.45. The van der Waals surface area contributed by atoms with E-state index in [1.54, 1.807) is 18.2 Å². The van der Waals surface area contributed by atoms with Crippen LogP contribution in [0.2, 0.25) is 5.02 Å². The van der Waals surface area contributed by atoms with Gasteiger partial charge in [-0.05, 0) is 92.3 Å². The van der Waals surface area contributed by atoms with E-state index >= 15 is 0 Å². The van der Waals surface area contributed by atoms with Gasteiger partial charge < -0.3 is 21.1 Å². The van der Waals surface area contributed by atoms with Crippen LogP contribution in [-0.4, -0.2) is 51.7 Å². The molecule has 8 nitrogen and oxygen atoms in total. The number of carbonyl (C=O) groups excluding carboxylic acids is 2. The van der Waals surface area contributed by atoms with Crippen molar-refractivity contribution in [1.82, 2.24) is 10.2 Å². The van der Waals surface area contributed by atoms with Crippen molar-refractivity contribution < 1.29 is 14.7 Å². The zero-order valence-corrected chi connectivity index (χ0v) is 24.5. The molecule has 0 aromatic heterocycles.